The highest BCUT2D eigenvalue weighted by atomic mass is 16.5. The van der Waals surface area contributed by atoms with Gasteiger partial charge in [0.15, 0.2) is 0 Å². The van der Waals surface area contributed by atoms with Crippen LogP contribution in [0.1, 0.15) is 58.6 Å². The van der Waals surface area contributed by atoms with Gasteiger partial charge in [0.05, 0.1) is 0 Å². The summed E-state index contributed by atoms with van der Waals surface area (Å²) in [7, 11) is 0. The molecule has 2 nitrogen and oxygen atoms in total. The molecule has 0 aliphatic heterocycles. The van der Waals surface area contributed by atoms with E-state index in [4.69, 9.17) is 4.74 Å². The van der Waals surface area contributed by atoms with Crippen LogP contribution < -0.4 is 10.1 Å². The number of aryl methyl sites for hydroxylation is 1. The normalized spacial score (nSPS) is 12.0. The van der Waals surface area contributed by atoms with E-state index >= 15 is 0 Å². The first-order valence-corrected chi connectivity index (χ1v) is 8.25. The minimum Gasteiger partial charge on any atom is -0.492 e. The van der Waals surface area contributed by atoms with Gasteiger partial charge < -0.3 is 10.1 Å². The van der Waals surface area contributed by atoms with Crippen molar-refractivity contribution in [3.8, 4) is 5.75 Å². The minimum absolute atomic E-state index is 0.196. The van der Waals surface area contributed by atoms with Crippen LogP contribution in [0.2, 0.25) is 0 Å². The molecule has 0 saturated carbocycles. The number of ether oxygens (including phenoxy) is 1. The predicted molar refractivity (Wildman–Crippen MR) is 92.3 cm³/mol. The Balaban J connectivity index is 2.30. The molecule has 2 heteroatoms. The van der Waals surface area contributed by atoms with Crippen molar-refractivity contribution >= 4 is 0 Å². The van der Waals surface area contributed by atoms with Crippen LogP contribution in [-0.4, -0.2) is 19.7 Å². The third-order valence-electron chi connectivity index (χ3n) is 3.71. The summed E-state index contributed by atoms with van der Waals surface area (Å²) >= 11 is 0. The number of benzene rings is 1. The van der Waals surface area contributed by atoms with E-state index in [2.05, 4.69) is 65.1 Å². The SMILES string of the molecule is Cc1cc(C(C)(C)C)ccc1OCCNCCCC(C)C. The summed E-state index contributed by atoms with van der Waals surface area (Å²) in [6.45, 7) is 16.1. The molecule has 0 radical (unpaired) electrons. The van der Waals surface area contributed by atoms with Crippen LogP contribution in [0, 0.1) is 12.8 Å². The quantitative estimate of drug-likeness (QED) is 0.701. The van der Waals surface area contributed by atoms with Crippen LogP contribution in [0.15, 0.2) is 18.2 Å². The largest absolute Gasteiger partial charge is 0.492 e. The Kier molecular flexibility index (Phi) is 7.24. The zero-order chi connectivity index (χ0) is 15.9. The van der Waals surface area contributed by atoms with Crippen molar-refractivity contribution in [2.45, 2.75) is 59.8 Å². The third-order valence-corrected chi connectivity index (χ3v) is 3.71. The van der Waals surface area contributed by atoms with Gasteiger partial charge in [0.1, 0.15) is 12.4 Å². The fourth-order valence-electron chi connectivity index (χ4n) is 2.27. The lowest BCUT2D eigenvalue weighted by molar-refractivity contribution is 0.311. The van der Waals surface area contributed by atoms with Crippen LogP contribution in [0.25, 0.3) is 0 Å². The summed E-state index contributed by atoms with van der Waals surface area (Å²) in [5.41, 5.74) is 2.78. The topological polar surface area (TPSA) is 21.3 Å². The summed E-state index contributed by atoms with van der Waals surface area (Å²) in [6, 6.07) is 6.53. The van der Waals surface area contributed by atoms with E-state index in [-0.39, 0.29) is 5.41 Å². The molecular formula is C19H33NO. The molecule has 0 unspecified atom stereocenters. The van der Waals surface area contributed by atoms with Crippen molar-refractivity contribution in [2.75, 3.05) is 19.7 Å². The van der Waals surface area contributed by atoms with E-state index in [0.29, 0.717) is 0 Å². The highest BCUT2D eigenvalue weighted by Crippen LogP contribution is 2.27. The summed E-state index contributed by atoms with van der Waals surface area (Å²) in [5.74, 6) is 1.80. The Morgan fingerprint density at radius 2 is 1.86 bits per heavy atom. The standard InChI is InChI=1S/C19H33NO/c1-15(2)8-7-11-20-12-13-21-18-10-9-17(14-16(18)3)19(4,5)6/h9-10,14-15,20H,7-8,11-13H2,1-6H3. The van der Waals surface area contributed by atoms with Crippen molar-refractivity contribution in [2.24, 2.45) is 5.92 Å². The Hall–Kier alpha value is -1.02. The fourth-order valence-corrected chi connectivity index (χ4v) is 2.27. The van der Waals surface area contributed by atoms with Gasteiger partial charge in [0, 0.05) is 6.54 Å². The molecule has 1 aromatic carbocycles. The van der Waals surface area contributed by atoms with Crippen LogP contribution in [0.3, 0.4) is 0 Å². The van der Waals surface area contributed by atoms with Crippen LogP contribution >= 0.6 is 0 Å². The van der Waals surface area contributed by atoms with Gasteiger partial charge in [-0.15, -0.1) is 0 Å². The van der Waals surface area contributed by atoms with Crippen molar-refractivity contribution in [1.82, 2.24) is 5.32 Å². The molecule has 0 aliphatic carbocycles. The average molecular weight is 291 g/mol. The Bertz CT molecular complexity index is 418. The van der Waals surface area contributed by atoms with Crippen LogP contribution in [0.5, 0.6) is 5.75 Å². The molecule has 1 N–H and O–H groups in total. The zero-order valence-electron chi connectivity index (χ0n) is 14.8. The molecule has 0 fully saturated rings. The van der Waals surface area contributed by atoms with E-state index in [9.17, 15) is 0 Å². The van der Waals surface area contributed by atoms with Gasteiger partial charge in [-0.25, -0.2) is 0 Å². The molecule has 1 aromatic rings. The summed E-state index contributed by atoms with van der Waals surface area (Å²) in [6.07, 6.45) is 2.54. The Morgan fingerprint density at radius 1 is 1.14 bits per heavy atom. The van der Waals surface area contributed by atoms with Gasteiger partial charge >= 0.3 is 0 Å². The van der Waals surface area contributed by atoms with Crippen molar-refractivity contribution in [3.63, 3.8) is 0 Å². The zero-order valence-corrected chi connectivity index (χ0v) is 14.8. The third kappa shape index (κ3) is 6.99. The smallest absolute Gasteiger partial charge is 0.122 e. The lowest BCUT2D eigenvalue weighted by atomic mass is 9.86. The van der Waals surface area contributed by atoms with Gasteiger partial charge in [0.25, 0.3) is 0 Å². The maximum Gasteiger partial charge on any atom is 0.122 e. The molecular weight excluding hydrogens is 258 g/mol. The highest BCUT2D eigenvalue weighted by Gasteiger charge is 2.14. The fraction of sp³-hybridized carbons (Fsp3) is 0.684. The molecule has 120 valence electrons. The molecule has 0 saturated heterocycles. The van der Waals surface area contributed by atoms with Crippen molar-refractivity contribution in [1.29, 1.82) is 0 Å². The molecule has 0 bridgehead atoms. The second-order valence-corrected chi connectivity index (χ2v) is 7.36. The number of nitrogens with one attached hydrogen (secondary N) is 1. The maximum absolute atomic E-state index is 5.87. The average Bonchev–Trinajstić information content (AvgIpc) is 2.37. The van der Waals surface area contributed by atoms with E-state index in [1.54, 1.807) is 0 Å². The predicted octanol–water partition coefficient (Wildman–Crippen LogP) is 4.70. The lowest BCUT2D eigenvalue weighted by Gasteiger charge is -2.20. The van der Waals surface area contributed by atoms with E-state index in [1.807, 2.05) is 0 Å². The maximum atomic E-state index is 5.87. The van der Waals surface area contributed by atoms with Gasteiger partial charge in [0.2, 0.25) is 0 Å². The lowest BCUT2D eigenvalue weighted by Crippen LogP contribution is -2.22. The van der Waals surface area contributed by atoms with Crippen LogP contribution in [-0.2, 0) is 5.41 Å². The van der Waals surface area contributed by atoms with E-state index in [0.717, 1.165) is 31.4 Å². The number of rotatable bonds is 8. The van der Waals surface area contributed by atoms with Crippen molar-refractivity contribution in [3.05, 3.63) is 29.3 Å². The second-order valence-electron chi connectivity index (χ2n) is 7.36. The number of hydrogen-bond donors (Lipinski definition) is 1. The second kappa shape index (κ2) is 8.43. The summed E-state index contributed by atoms with van der Waals surface area (Å²) < 4.78 is 5.87. The molecule has 0 atom stereocenters. The highest BCUT2D eigenvalue weighted by molar-refractivity contribution is 5.38. The van der Waals surface area contributed by atoms with Crippen LogP contribution in [0.4, 0.5) is 0 Å². The minimum atomic E-state index is 0.196. The molecule has 0 spiro atoms. The van der Waals surface area contributed by atoms with E-state index < -0.39 is 0 Å². The van der Waals surface area contributed by atoms with Crippen molar-refractivity contribution < 1.29 is 4.74 Å². The summed E-state index contributed by atoms with van der Waals surface area (Å²) in [4.78, 5) is 0. The first-order chi connectivity index (χ1) is 9.80. The Morgan fingerprint density at radius 3 is 2.43 bits per heavy atom. The summed E-state index contributed by atoms with van der Waals surface area (Å²) in [5, 5.41) is 3.44. The van der Waals surface area contributed by atoms with Gasteiger partial charge in [-0.3, -0.25) is 0 Å². The first-order valence-electron chi connectivity index (χ1n) is 8.25. The molecule has 0 aliphatic rings. The first kappa shape index (κ1) is 18.0. The van der Waals surface area contributed by atoms with Gasteiger partial charge in [-0.1, -0.05) is 46.8 Å². The molecule has 0 heterocycles. The number of hydrogen-bond acceptors (Lipinski definition) is 2. The molecule has 0 amide bonds. The van der Waals surface area contributed by atoms with Gasteiger partial charge in [-0.2, -0.15) is 0 Å². The molecule has 0 aromatic heterocycles. The molecule has 1 rings (SSSR count). The Labute approximate surface area is 131 Å². The molecule has 21 heavy (non-hydrogen) atoms. The monoisotopic (exact) mass is 291 g/mol. The van der Waals surface area contributed by atoms with E-state index in [1.165, 1.54) is 24.0 Å². The van der Waals surface area contributed by atoms with Gasteiger partial charge in [-0.05, 0) is 54.8 Å².